The lowest BCUT2D eigenvalue weighted by atomic mass is 9.85. The first kappa shape index (κ1) is 17.3. The van der Waals surface area contributed by atoms with Crippen LogP contribution in [-0.2, 0) is 7.05 Å². The minimum atomic E-state index is -4.06. The zero-order valence-corrected chi connectivity index (χ0v) is 13.4. The van der Waals surface area contributed by atoms with Crippen LogP contribution < -0.4 is 5.32 Å². The van der Waals surface area contributed by atoms with E-state index in [1.54, 1.807) is 4.68 Å². The van der Waals surface area contributed by atoms with Crippen molar-refractivity contribution in [3.05, 3.63) is 18.0 Å². The van der Waals surface area contributed by atoms with Gasteiger partial charge < -0.3 is 10.2 Å². The molecule has 126 valence electrons. The van der Waals surface area contributed by atoms with Crippen molar-refractivity contribution in [1.29, 1.82) is 0 Å². The molecular weight excluding hydrogens is 293 g/mol. The van der Waals surface area contributed by atoms with E-state index < -0.39 is 12.1 Å². The molecule has 1 N–H and O–H groups in total. The molecule has 0 aromatic carbocycles. The summed E-state index contributed by atoms with van der Waals surface area (Å²) < 4.78 is 40.3. The third-order valence-electron chi connectivity index (χ3n) is 4.47. The fraction of sp³-hybridized carbons (Fsp3) is 0.800. The first-order valence-electron chi connectivity index (χ1n) is 7.72. The third-order valence-corrected chi connectivity index (χ3v) is 4.47. The van der Waals surface area contributed by atoms with E-state index in [1.165, 1.54) is 0 Å². The number of aryl methyl sites for hydroxylation is 1. The van der Waals surface area contributed by atoms with Gasteiger partial charge in [0, 0.05) is 37.4 Å². The smallest absolute Gasteiger partial charge is 0.312 e. The van der Waals surface area contributed by atoms with Crippen molar-refractivity contribution >= 4 is 0 Å². The zero-order valence-electron chi connectivity index (χ0n) is 13.4. The Balaban J connectivity index is 1.92. The summed E-state index contributed by atoms with van der Waals surface area (Å²) in [6.07, 6.45) is 1.61. The maximum absolute atomic E-state index is 12.9. The molecule has 1 heterocycles. The SMILES string of the molecule is CN(C)[C@H](CN[C@H]1CCC[C@H](C(F)(F)F)C1)c1cnn(C)c1. The highest BCUT2D eigenvalue weighted by atomic mass is 19.4. The van der Waals surface area contributed by atoms with Gasteiger partial charge in [0.2, 0.25) is 0 Å². The summed E-state index contributed by atoms with van der Waals surface area (Å²) in [5.41, 5.74) is 1.07. The number of alkyl halides is 3. The van der Waals surface area contributed by atoms with Crippen molar-refractivity contribution in [2.75, 3.05) is 20.6 Å². The van der Waals surface area contributed by atoms with Crippen LogP contribution in [0.2, 0.25) is 0 Å². The van der Waals surface area contributed by atoms with Gasteiger partial charge in [-0.2, -0.15) is 18.3 Å². The Labute approximate surface area is 129 Å². The largest absolute Gasteiger partial charge is 0.391 e. The maximum atomic E-state index is 12.9. The number of hydrogen-bond acceptors (Lipinski definition) is 3. The summed E-state index contributed by atoms with van der Waals surface area (Å²) in [6.45, 7) is 0.633. The molecule has 4 nitrogen and oxygen atoms in total. The number of hydrogen-bond donors (Lipinski definition) is 1. The van der Waals surface area contributed by atoms with E-state index in [-0.39, 0.29) is 24.9 Å². The number of aromatic nitrogens is 2. The molecule has 0 unspecified atom stereocenters. The normalized spacial score (nSPS) is 24.7. The molecule has 1 fully saturated rings. The molecule has 0 bridgehead atoms. The van der Waals surface area contributed by atoms with Crippen molar-refractivity contribution in [3.8, 4) is 0 Å². The van der Waals surface area contributed by atoms with Crippen molar-refractivity contribution in [2.45, 2.75) is 43.9 Å². The molecule has 0 aliphatic heterocycles. The second-order valence-corrected chi connectivity index (χ2v) is 6.44. The fourth-order valence-electron chi connectivity index (χ4n) is 3.16. The van der Waals surface area contributed by atoms with Gasteiger partial charge in [-0.3, -0.25) is 4.68 Å². The molecule has 0 radical (unpaired) electrons. The second kappa shape index (κ2) is 7.00. The molecular formula is C15H25F3N4. The van der Waals surface area contributed by atoms with Crippen LogP contribution in [0, 0.1) is 5.92 Å². The average molecular weight is 318 g/mol. The Bertz CT molecular complexity index is 470. The van der Waals surface area contributed by atoms with E-state index in [0.717, 1.165) is 12.0 Å². The quantitative estimate of drug-likeness (QED) is 0.906. The lowest BCUT2D eigenvalue weighted by Crippen LogP contribution is -2.42. The fourth-order valence-corrected chi connectivity index (χ4v) is 3.16. The van der Waals surface area contributed by atoms with Gasteiger partial charge >= 0.3 is 6.18 Å². The molecule has 1 aromatic heterocycles. The minimum Gasteiger partial charge on any atom is -0.312 e. The predicted octanol–water partition coefficient (Wildman–Crippen LogP) is 2.73. The first-order valence-corrected chi connectivity index (χ1v) is 7.72. The number of nitrogens with one attached hydrogen (secondary N) is 1. The molecule has 1 saturated carbocycles. The van der Waals surface area contributed by atoms with Crippen LogP contribution in [0.15, 0.2) is 12.4 Å². The van der Waals surface area contributed by atoms with Crippen LogP contribution in [0.5, 0.6) is 0 Å². The monoisotopic (exact) mass is 318 g/mol. The maximum Gasteiger partial charge on any atom is 0.391 e. The Kier molecular flexibility index (Phi) is 5.50. The second-order valence-electron chi connectivity index (χ2n) is 6.44. The Morgan fingerprint density at radius 1 is 1.41 bits per heavy atom. The van der Waals surface area contributed by atoms with Gasteiger partial charge in [0.25, 0.3) is 0 Å². The van der Waals surface area contributed by atoms with E-state index in [0.29, 0.717) is 13.0 Å². The van der Waals surface area contributed by atoms with Gasteiger partial charge in [-0.05, 0) is 33.4 Å². The van der Waals surface area contributed by atoms with Gasteiger partial charge in [-0.1, -0.05) is 6.42 Å². The van der Waals surface area contributed by atoms with Crippen molar-refractivity contribution in [2.24, 2.45) is 13.0 Å². The molecule has 0 saturated heterocycles. The summed E-state index contributed by atoms with van der Waals surface area (Å²) in [6, 6.07) is 0.0551. The van der Waals surface area contributed by atoms with Crippen LogP contribution in [0.25, 0.3) is 0 Å². The van der Waals surface area contributed by atoms with E-state index in [9.17, 15) is 13.2 Å². The van der Waals surface area contributed by atoms with Crippen LogP contribution in [0.3, 0.4) is 0 Å². The van der Waals surface area contributed by atoms with Crippen LogP contribution in [-0.4, -0.2) is 47.5 Å². The molecule has 1 aliphatic carbocycles. The number of halogens is 3. The highest BCUT2D eigenvalue weighted by Crippen LogP contribution is 2.37. The number of nitrogens with zero attached hydrogens (tertiary/aromatic N) is 3. The van der Waals surface area contributed by atoms with Crippen LogP contribution >= 0.6 is 0 Å². The van der Waals surface area contributed by atoms with Gasteiger partial charge in [0.1, 0.15) is 0 Å². The zero-order chi connectivity index (χ0) is 16.3. The molecule has 1 aliphatic rings. The number of likely N-dealkylation sites (N-methyl/N-ethyl adjacent to an activating group) is 1. The summed E-state index contributed by atoms with van der Waals surface area (Å²) >= 11 is 0. The van der Waals surface area contributed by atoms with Crippen molar-refractivity contribution in [1.82, 2.24) is 20.0 Å². The van der Waals surface area contributed by atoms with Crippen molar-refractivity contribution in [3.63, 3.8) is 0 Å². The van der Waals surface area contributed by atoms with E-state index in [1.807, 2.05) is 33.5 Å². The predicted molar refractivity (Wildman–Crippen MR) is 79.4 cm³/mol. The third kappa shape index (κ3) is 4.46. The highest BCUT2D eigenvalue weighted by molar-refractivity contribution is 5.11. The minimum absolute atomic E-state index is 0.0560. The average Bonchev–Trinajstić information content (AvgIpc) is 2.84. The highest BCUT2D eigenvalue weighted by Gasteiger charge is 2.42. The van der Waals surface area contributed by atoms with Gasteiger partial charge in [-0.25, -0.2) is 0 Å². The molecule has 0 amide bonds. The standard InChI is InChI=1S/C15H25F3N4/c1-21(2)14(11-8-20-22(3)10-11)9-19-13-6-4-5-12(7-13)15(16,17)18/h8,10,12-14,19H,4-7,9H2,1-3H3/t12-,13-,14+/m0/s1. The molecule has 1 aromatic rings. The number of rotatable bonds is 5. The van der Waals surface area contributed by atoms with E-state index in [4.69, 9.17) is 0 Å². The first-order chi connectivity index (χ1) is 10.3. The molecule has 2 rings (SSSR count). The summed E-state index contributed by atoms with van der Waals surface area (Å²) in [5, 5.41) is 7.51. The Morgan fingerprint density at radius 3 is 2.68 bits per heavy atom. The molecule has 0 spiro atoms. The Hall–Kier alpha value is -1.08. The Morgan fingerprint density at radius 2 is 2.14 bits per heavy atom. The molecule has 7 heteroatoms. The molecule has 22 heavy (non-hydrogen) atoms. The summed E-state index contributed by atoms with van der Waals surface area (Å²) in [4.78, 5) is 2.06. The molecule has 3 atom stereocenters. The lowest BCUT2D eigenvalue weighted by molar-refractivity contribution is -0.183. The van der Waals surface area contributed by atoms with Gasteiger partial charge in [0.15, 0.2) is 0 Å². The summed E-state index contributed by atoms with van der Waals surface area (Å²) in [7, 11) is 5.80. The van der Waals surface area contributed by atoms with E-state index in [2.05, 4.69) is 15.3 Å². The lowest BCUT2D eigenvalue weighted by Gasteiger charge is -2.33. The van der Waals surface area contributed by atoms with Gasteiger partial charge in [-0.15, -0.1) is 0 Å². The van der Waals surface area contributed by atoms with Gasteiger partial charge in [0.05, 0.1) is 12.1 Å². The van der Waals surface area contributed by atoms with Crippen LogP contribution in [0.4, 0.5) is 13.2 Å². The summed E-state index contributed by atoms with van der Waals surface area (Å²) in [5.74, 6) is -1.16. The van der Waals surface area contributed by atoms with E-state index >= 15 is 0 Å². The van der Waals surface area contributed by atoms with Crippen molar-refractivity contribution < 1.29 is 13.2 Å². The topological polar surface area (TPSA) is 33.1 Å². The van der Waals surface area contributed by atoms with Crippen LogP contribution in [0.1, 0.15) is 37.3 Å².